The number of hydrogen-bond donors (Lipinski definition) is 1. The molecule has 122 valence electrons. The Bertz CT molecular complexity index is 683. The van der Waals surface area contributed by atoms with Gasteiger partial charge in [0.15, 0.2) is 11.6 Å². The Hall–Kier alpha value is -2.15. The van der Waals surface area contributed by atoms with Crippen molar-refractivity contribution >= 4 is 17.7 Å². The largest absolute Gasteiger partial charge is 0.478 e. The molecule has 0 aliphatic rings. The number of pyridine rings is 1. The molecule has 1 aromatic heterocycles. The minimum absolute atomic E-state index is 0.106. The van der Waals surface area contributed by atoms with Gasteiger partial charge in [0.05, 0.1) is 12.4 Å². The van der Waals surface area contributed by atoms with Crippen LogP contribution in [0.3, 0.4) is 0 Å². The molecule has 23 heavy (non-hydrogen) atoms. The summed E-state index contributed by atoms with van der Waals surface area (Å²) in [6.45, 7) is 2.64. The normalized spacial score (nSPS) is 10.4. The van der Waals surface area contributed by atoms with Crippen molar-refractivity contribution in [2.24, 2.45) is 0 Å². The Kier molecular flexibility index (Phi) is 6.34. The lowest BCUT2D eigenvalue weighted by Crippen LogP contribution is -2.25. The van der Waals surface area contributed by atoms with E-state index in [0.29, 0.717) is 23.9 Å². The lowest BCUT2D eigenvalue weighted by molar-refractivity contribution is -0.118. The molecule has 0 fully saturated rings. The van der Waals surface area contributed by atoms with Crippen molar-refractivity contribution in [2.45, 2.75) is 18.4 Å². The number of ether oxygens (including phenoxy) is 1. The highest BCUT2D eigenvalue weighted by Gasteiger charge is 2.08. The fourth-order valence-corrected chi connectivity index (χ4v) is 2.54. The van der Waals surface area contributed by atoms with Gasteiger partial charge in [0, 0.05) is 23.2 Å². The number of nitrogens with one attached hydrogen (secondary N) is 1. The summed E-state index contributed by atoms with van der Waals surface area (Å²) < 4.78 is 31.3. The summed E-state index contributed by atoms with van der Waals surface area (Å²) in [5.74, 6) is -1.45. The number of carbonyl (C=O) groups excluding carboxylic acids is 1. The van der Waals surface area contributed by atoms with Crippen LogP contribution in [-0.4, -0.2) is 23.3 Å². The first-order chi connectivity index (χ1) is 11.1. The van der Waals surface area contributed by atoms with Crippen LogP contribution in [0.2, 0.25) is 0 Å². The third-order valence-electron chi connectivity index (χ3n) is 2.87. The van der Waals surface area contributed by atoms with E-state index in [9.17, 15) is 13.6 Å². The summed E-state index contributed by atoms with van der Waals surface area (Å²) in [4.78, 5) is 16.4. The van der Waals surface area contributed by atoms with Crippen molar-refractivity contribution in [2.75, 3.05) is 12.4 Å². The van der Waals surface area contributed by atoms with Gasteiger partial charge in [-0.25, -0.2) is 13.8 Å². The molecular formula is C16H16F2N2O2S. The van der Waals surface area contributed by atoms with Gasteiger partial charge in [-0.2, -0.15) is 0 Å². The second kappa shape index (κ2) is 8.47. The number of thioether (sulfide) groups is 1. The average Bonchev–Trinajstić information content (AvgIpc) is 2.55. The van der Waals surface area contributed by atoms with Crippen molar-refractivity contribution in [3.05, 3.63) is 53.7 Å². The van der Waals surface area contributed by atoms with Gasteiger partial charge >= 0.3 is 0 Å². The summed E-state index contributed by atoms with van der Waals surface area (Å²) in [7, 11) is 0. The summed E-state index contributed by atoms with van der Waals surface area (Å²) in [5, 5.41) is 2.75. The maximum Gasteiger partial charge on any atom is 0.230 e. The molecule has 4 nitrogen and oxygen atoms in total. The Morgan fingerprint density at radius 1 is 1.30 bits per heavy atom. The number of aromatic nitrogens is 1. The maximum atomic E-state index is 13.1. The Morgan fingerprint density at radius 2 is 2.13 bits per heavy atom. The van der Waals surface area contributed by atoms with E-state index in [4.69, 9.17) is 4.74 Å². The van der Waals surface area contributed by atoms with E-state index in [2.05, 4.69) is 10.3 Å². The van der Waals surface area contributed by atoms with Crippen LogP contribution in [0, 0.1) is 11.6 Å². The zero-order chi connectivity index (χ0) is 16.7. The van der Waals surface area contributed by atoms with Gasteiger partial charge in [-0.15, -0.1) is 11.8 Å². The van der Waals surface area contributed by atoms with E-state index in [1.165, 1.54) is 6.07 Å². The second-order valence-corrected chi connectivity index (χ2v) is 5.59. The topological polar surface area (TPSA) is 51.2 Å². The molecule has 0 saturated heterocycles. The standard InChI is InChI=1S/C16H16F2N2O2S/c1-2-22-16-11(4-3-7-19-16)9-20-15(21)10-23-12-5-6-13(17)14(18)8-12/h3-8H,2,9-10H2,1H3,(H,20,21). The van der Waals surface area contributed by atoms with Crippen LogP contribution in [-0.2, 0) is 11.3 Å². The van der Waals surface area contributed by atoms with Crippen molar-refractivity contribution < 1.29 is 18.3 Å². The summed E-state index contributed by atoms with van der Waals surface area (Å²) >= 11 is 1.14. The lowest BCUT2D eigenvalue weighted by atomic mass is 10.2. The number of hydrogen-bond acceptors (Lipinski definition) is 4. The molecule has 1 N–H and O–H groups in total. The van der Waals surface area contributed by atoms with Crippen molar-refractivity contribution in [1.29, 1.82) is 0 Å². The molecule has 0 atom stereocenters. The molecular weight excluding hydrogens is 322 g/mol. The van der Waals surface area contributed by atoms with E-state index in [-0.39, 0.29) is 11.7 Å². The minimum atomic E-state index is -0.924. The molecule has 0 bridgehead atoms. The fraction of sp³-hybridized carbons (Fsp3) is 0.250. The number of amides is 1. The van der Waals surface area contributed by atoms with E-state index in [1.807, 2.05) is 13.0 Å². The summed E-state index contributed by atoms with van der Waals surface area (Å²) in [6.07, 6.45) is 1.62. The molecule has 0 aliphatic heterocycles. The molecule has 1 heterocycles. The summed E-state index contributed by atoms with van der Waals surface area (Å²) in [6, 6.07) is 7.13. The van der Waals surface area contributed by atoms with Crippen LogP contribution in [0.25, 0.3) is 0 Å². The average molecular weight is 338 g/mol. The van der Waals surface area contributed by atoms with Crippen LogP contribution < -0.4 is 10.1 Å². The Labute approximate surface area is 137 Å². The van der Waals surface area contributed by atoms with Crippen LogP contribution in [0.15, 0.2) is 41.4 Å². The molecule has 0 spiro atoms. The number of benzene rings is 1. The SMILES string of the molecule is CCOc1ncccc1CNC(=O)CSc1ccc(F)c(F)c1. The van der Waals surface area contributed by atoms with Crippen LogP contribution in [0.5, 0.6) is 5.88 Å². The Balaban J connectivity index is 1.84. The first-order valence-corrected chi connectivity index (χ1v) is 8.00. The molecule has 0 unspecified atom stereocenters. The van der Waals surface area contributed by atoms with E-state index in [1.54, 1.807) is 12.3 Å². The predicted molar refractivity (Wildman–Crippen MR) is 84.3 cm³/mol. The fourth-order valence-electron chi connectivity index (χ4n) is 1.79. The molecule has 0 radical (unpaired) electrons. The smallest absolute Gasteiger partial charge is 0.230 e. The monoisotopic (exact) mass is 338 g/mol. The lowest BCUT2D eigenvalue weighted by Gasteiger charge is -2.09. The molecule has 0 saturated carbocycles. The predicted octanol–water partition coefficient (Wildman–Crippen LogP) is 3.17. The van der Waals surface area contributed by atoms with Crippen LogP contribution >= 0.6 is 11.8 Å². The number of rotatable bonds is 7. The minimum Gasteiger partial charge on any atom is -0.478 e. The Morgan fingerprint density at radius 3 is 2.87 bits per heavy atom. The third-order valence-corrected chi connectivity index (χ3v) is 3.86. The molecule has 2 rings (SSSR count). The van der Waals surface area contributed by atoms with Gasteiger partial charge in [-0.3, -0.25) is 4.79 Å². The zero-order valence-corrected chi connectivity index (χ0v) is 13.3. The van der Waals surface area contributed by atoms with Crippen LogP contribution in [0.4, 0.5) is 8.78 Å². The van der Waals surface area contributed by atoms with E-state index >= 15 is 0 Å². The zero-order valence-electron chi connectivity index (χ0n) is 12.5. The highest BCUT2D eigenvalue weighted by molar-refractivity contribution is 8.00. The second-order valence-electron chi connectivity index (χ2n) is 4.54. The highest BCUT2D eigenvalue weighted by atomic mass is 32.2. The molecule has 1 amide bonds. The molecule has 1 aromatic carbocycles. The first kappa shape index (κ1) is 17.2. The number of nitrogens with zero attached hydrogens (tertiary/aromatic N) is 1. The van der Waals surface area contributed by atoms with Gasteiger partial charge < -0.3 is 10.1 Å². The molecule has 2 aromatic rings. The number of halogens is 2. The van der Waals surface area contributed by atoms with Crippen LogP contribution in [0.1, 0.15) is 12.5 Å². The van der Waals surface area contributed by atoms with Gasteiger partial charge in [-0.05, 0) is 31.2 Å². The maximum absolute atomic E-state index is 13.1. The molecule has 7 heteroatoms. The quantitative estimate of drug-likeness (QED) is 0.788. The van der Waals surface area contributed by atoms with Crippen molar-refractivity contribution in [1.82, 2.24) is 10.3 Å². The van der Waals surface area contributed by atoms with E-state index < -0.39 is 11.6 Å². The summed E-state index contributed by atoms with van der Waals surface area (Å²) in [5.41, 5.74) is 0.778. The third kappa shape index (κ3) is 5.21. The molecule has 0 aliphatic carbocycles. The highest BCUT2D eigenvalue weighted by Crippen LogP contribution is 2.20. The van der Waals surface area contributed by atoms with Gasteiger partial charge in [0.25, 0.3) is 0 Å². The van der Waals surface area contributed by atoms with Gasteiger partial charge in [0.1, 0.15) is 0 Å². The number of carbonyl (C=O) groups is 1. The van der Waals surface area contributed by atoms with Crippen molar-refractivity contribution in [3.63, 3.8) is 0 Å². The van der Waals surface area contributed by atoms with Gasteiger partial charge in [0.2, 0.25) is 11.8 Å². The van der Waals surface area contributed by atoms with E-state index in [0.717, 1.165) is 29.5 Å². The first-order valence-electron chi connectivity index (χ1n) is 7.01. The van der Waals surface area contributed by atoms with Gasteiger partial charge in [-0.1, -0.05) is 6.07 Å². The van der Waals surface area contributed by atoms with Crippen molar-refractivity contribution in [3.8, 4) is 5.88 Å².